The number of hydrogen-bond acceptors (Lipinski definition) is 0. The van der Waals surface area contributed by atoms with Gasteiger partial charge in [-0.25, -0.2) is 0 Å². The molecule has 2 heteroatoms. The van der Waals surface area contributed by atoms with Gasteiger partial charge in [-0.2, -0.15) is 0 Å². The van der Waals surface area contributed by atoms with Crippen LogP contribution in [0.3, 0.4) is 0 Å². The molecule has 0 aliphatic heterocycles. The predicted molar refractivity (Wildman–Crippen MR) is 59.8 cm³/mol. The van der Waals surface area contributed by atoms with Crippen molar-refractivity contribution in [3.05, 3.63) is 66.8 Å². The summed E-state index contributed by atoms with van der Waals surface area (Å²) < 4.78 is 2.98. The summed E-state index contributed by atoms with van der Waals surface area (Å²) in [5.41, 5.74) is 2.68. The first-order valence-corrected chi connectivity index (χ1v) is 7.18. The molecule has 2 rings (SSSR count). The van der Waals surface area contributed by atoms with Crippen LogP contribution in [0.5, 0.6) is 0 Å². The molecule has 2 aromatic rings. The molecule has 0 radical (unpaired) electrons. The summed E-state index contributed by atoms with van der Waals surface area (Å²) in [5, 5.41) is 0. The van der Waals surface area contributed by atoms with E-state index in [-0.39, 0.29) is 33.6 Å². The molecule has 0 unspecified atom stereocenters. The third kappa shape index (κ3) is 3.80. The van der Waals surface area contributed by atoms with Crippen LogP contribution in [-0.2, 0) is 0 Å². The lowest BCUT2D eigenvalue weighted by Crippen LogP contribution is -3.61. The second-order valence-corrected chi connectivity index (χ2v) is 6.72. The van der Waals surface area contributed by atoms with Crippen LogP contribution in [0, 0.1) is 21.0 Å². The van der Waals surface area contributed by atoms with E-state index >= 15 is 0 Å². The minimum Gasteiger partial charge on any atom is -1.00 e. The minimum atomic E-state index is 0. The molecule has 0 nitrogen and oxygen atoms in total. The monoisotopic (exact) mass is 344 g/mol. The molecule has 0 aliphatic rings. The molecule has 2 aromatic carbocycles. The van der Waals surface area contributed by atoms with Crippen molar-refractivity contribution in [2.45, 2.75) is 13.8 Å². The van der Waals surface area contributed by atoms with Crippen molar-refractivity contribution in [2.24, 2.45) is 0 Å². The Hall–Kier alpha value is -0.540. The molecule has 0 saturated carbocycles. The molecular formula is C14H14ClI. The van der Waals surface area contributed by atoms with Gasteiger partial charge in [0.05, 0.1) is 0 Å². The largest absolute Gasteiger partial charge is 1.00 e. The molecule has 84 valence electrons. The summed E-state index contributed by atoms with van der Waals surface area (Å²) in [6.07, 6.45) is 0. The third-order valence-corrected chi connectivity index (χ3v) is 4.92. The fourth-order valence-electron chi connectivity index (χ4n) is 1.32. The zero-order chi connectivity index (χ0) is 10.7. The van der Waals surface area contributed by atoms with Crippen molar-refractivity contribution in [1.29, 1.82) is 0 Å². The van der Waals surface area contributed by atoms with Crippen molar-refractivity contribution >= 4 is 0 Å². The Morgan fingerprint density at radius 3 is 1.25 bits per heavy atom. The fourth-order valence-corrected chi connectivity index (χ4v) is 3.48. The molecule has 0 bridgehead atoms. The van der Waals surface area contributed by atoms with E-state index in [2.05, 4.69) is 62.4 Å². The molecule has 0 saturated heterocycles. The normalized spacial score (nSPS) is 9.62. The molecule has 0 spiro atoms. The maximum absolute atomic E-state index is 2.25. The molecule has 16 heavy (non-hydrogen) atoms. The maximum atomic E-state index is 2.25. The van der Waals surface area contributed by atoms with E-state index in [1.807, 2.05) is 0 Å². The summed E-state index contributed by atoms with van der Waals surface area (Å²) in [5.74, 6) is 0. The Labute approximate surface area is 114 Å². The summed E-state index contributed by atoms with van der Waals surface area (Å²) in [7, 11) is 0. The van der Waals surface area contributed by atoms with Gasteiger partial charge in [-0.05, 0) is 38.1 Å². The van der Waals surface area contributed by atoms with E-state index < -0.39 is 0 Å². The van der Waals surface area contributed by atoms with E-state index in [0.29, 0.717) is 0 Å². The SMILES string of the molecule is Cc1ccc([I+]c2ccc(C)cc2)cc1.[Cl-]. The van der Waals surface area contributed by atoms with Gasteiger partial charge in [-0.15, -0.1) is 0 Å². The van der Waals surface area contributed by atoms with Crippen LogP contribution in [0.4, 0.5) is 0 Å². The number of halogens is 2. The van der Waals surface area contributed by atoms with E-state index in [0.717, 1.165) is 0 Å². The lowest BCUT2D eigenvalue weighted by atomic mass is 10.2. The molecule has 0 N–H and O–H groups in total. The van der Waals surface area contributed by atoms with E-state index in [1.54, 1.807) is 0 Å². The number of benzene rings is 2. The average Bonchev–Trinajstić information content (AvgIpc) is 2.25. The molecule has 0 atom stereocenters. The van der Waals surface area contributed by atoms with Crippen LogP contribution >= 0.6 is 0 Å². The summed E-state index contributed by atoms with van der Waals surface area (Å²) in [4.78, 5) is 0. The van der Waals surface area contributed by atoms with E-state index in [4.69, 9.17) is 0 Å². The highest BCUT2D eigenvalue weighted by Crippen LogP contribution is 1.95. The Morgan fingerprint density at radius 2 is 0.938 bits per heavy atom. The van der Waals surface area contributed by atoms with Crippen LogP contribution in [0.2, 0.25) is 0 Å². The standard InChI is InChI=1S/C14H14I.ClH/c1-11-3-7-13(8-4-11)15-14-9-5-12(2)6-10-14;/h3-10H,1-2H3;1H/q+1;/p-1. The Morgan fingerprint density at radius 1 is 0.625 bits per heavy atom. The molecule has 0 amide bonds. The van der Waals surface area contributed by atoms with Crippen molar-refractivity contribution in [2.75, 3.05) is 0 Å². The molecular weight excluding hydrogens is 331 g/mol. The van der Waals surface area contributed by atoms with Gasteiger partial charge in [0.1, 0.15) is 0 Å². The quantitative estimate of drug-likeness (QED) is 0.526. The minimum absolute atomic E-state index is 0. The second kappa shape index (κ2) is 6.26. The smallest absolute Gasteiger partial charge is 0.357 e. The first-order chi connectivity index (χ1) is 7.24. The summed E-state index contributed by atoms with van der Waals surface area (Å²) >= 11 is 0.00313. The van der Waals surface area contributed by atoms with Gasteiger partial charge < -0.3 is 12.4 Å². The van der Waals surface area contributed by atoms with Crippen LogP contribution in [0.1, 0.15) is 11.1 Å². The number of rotatable bonds is 2. The van der Waals surface area contributed by atoms with Crippen molar-refractivity contribution in [3.8, 4) is 0 Å². The highest BCUT2D eigenvalue weighted by atomic mass is 127. The zero-order valence-electron chi connectivity index (χ0n) is 9.37. The van der Waals surface area contributed by atoms with Crippen LogP contribution in [0.15, 0.2) is 48.5 Å². The average molecular weight is 345 g/mol. The number of hydrogen-bond donors (Lipinski definition) is 0. The van der Waals surface area contributed by atoms with Gasteiger partial charge in [-0.1, -0.05) is 35.4 Å². The van der Waals surface area contributed by atoms with Gasteiger partial charge in [-0.3, -0.25) is 0 Å². The van der Waals surface area contributed by atoms with Gasteiger partial charge in [0.15, 0.2) is 7.14 Å². The fraction of sp³-hybridized carbons (Fsp3) is 0.143. The van der Waals surface area contributed by atoms with Crippen LogP contribution in [-0.4, -0.2) is 0 Å². The van der Waals surface area contributed by atoms with Crippen LogP contribution < -0.4 is 33.6 Å². The van der Waals surface area contributed by atoms with E-state index in [1.165, 1.54) is 18.3 Å². The topological polar surface area (TPSA) is 0 Å². The molecule has 0 heterocycles. The summed E-state index contributed by atoms with van der Waals surface area (Å²) in [6.45, 7) is 4.27. The second-order valence-electron chi connectivity index (χ2n) is 3.69. The Kier molecular flexibility index (Phi) is 5.29. The number of aryl methyl sites for hydroxylation is 2. The molecule has 0 aromatic heterocycles. The van der Waals surface area contributed by atoms with Crippen molar-refractivity contribution in [1.82, 2.24) is 0 Å². The Bertz CT molecular complexity index is 388. The van der Waals surface area contributed by atoms with Crippen LogP contribution in [0.25, 0.3) is 0 Å². The third-order valence-electron chi connectivity index (χ3n) is 2.24. The zero-order valence-corrected chi connectivity index (χ0v) is 12.3. The lowest BCUT2D eigenvalue weighted by molar-refractivity contribution is -0.597. The van der Waals surface area contributed by atoms with Gasteiger partial charge in [0.25, 0.3) is 0 Å². The lowest BCUT2D eigenvalue weighted by Gasteiger charge is -1.90. The predicted octanol–water partition coefficient (Wildman–Crippen LogP) is -2.56. The van der Waals surface area contributed by atoms with Gasteiger partial charge in [0, 0.05) is 0 Å². The van der Waals surface area contributed by atoms with Crippen molar-refractivity contribution in [3.63, 3.8) is 0 Å². The highest BCUT2D eigenvalue weighted by Gasteiger charge is 2.13. The maximum Gasteiger partial charge on any atom is 0.357 e. The van der Waals surface area contributed by atoms with Crippen molar-refractivity contribution < 1.29 is 33.6 Å². The summed E-state index contributed by atoms with van der Waals surface area (Å²) in [6, 6.07) is 17.8. The first kappa shape index (κ1) is 13.5. The highest BCUT2D eigenvalue weighted by molar-refractivity contribution is 5.13. The molecule has 0 aliphatic carbocycles. The van der Waals surface area contributed by atoms with E-state index in [9.17, 15) is 0 Å². The Balaban J connectivity index is 0.00000128. The first-order valence-electron chi connectivity index (χ1n) is 5.02. The van der Waals surface area contributed by atoms with Gasteiger partial charge >= 0.3 is 21.2 Å². The van der Waals surface area contributed by atoms with Gasteiger partial charge in [0.2, 0.25) is 0 Å². The molecule has 0 fully saturated rings.